The summed E-state index contributed by atoms with van der Waals surface area (Å²) in [5.41, 5.74) is 17.3. The number of aromatic amines is 1. The predicted molar refractivity (Wildman–Crippen MR) is 159 cm³/mol. The largest absolute Gasteiger partial charge is 0.481 e. The number of carbonyl (C=O) groups excluding carboxylic acids is 2. The highest BCUT2D eigenvalue weighted by Gasteiger charge is 2.35. The molecule has 218 valence electrons. The fraction of sp³-hybridized carbons (Fsp3) is 0.355. The first-order chi connectivity index (χ1) is 20.4. The lowest BCUT2D eigenvalue weighted by molar-refractivity contribution is -0.130. The van der Waals surface area contributed by atoms with E-state index in [9.17, 15) is 9.59 Å². The molecule has 1 aliphatic rings. The van der Waals surface area contributed by atoms with E-state index in [1.807, 2.05) is 43.3 Å². The Kier molecular flexibility index (Phi) is 8.99. The van der Waals surface area contributed by atoms with E-state index in [2.05, 4.69) is 25.6 Å². The summed E-state index contributed by atoms with van der Waals surface area (Å²) in [6.07, 6.45) is 3.41. The summed E-state index contributed by atoms with van der Waals surface area (Å²) in [4.78, 5) is 33.4. The molecule has 2 aromatic carbocycles. The van der Waals surface area contributed by atoms with Gasteiger partial charge in [-0.1, -0.05) is 24.3 Å². The molecule has 1 saturated carbocycles. The summed E-state index contributed by atoms with van der Waals surface area (Å²) in [7, 11) is 1.59. The molecule has 0 aliphatic heterocycles. The van der Waals surface area contributed by atoms with Gasteiger partial charge < -0.3 is 16.2 Å². The van der Waals surface area contributed by atoms with Crippen molar-refractivity contribution in [3.8, 4) is 28.4 Å². The molecule has 2 heterocycles. The molecule has 2 aromatic heterocycles. The van der Waals surface area contributed by atoms with Crippen molar-refractivity contribution >= 4 is 17.5 Å². The molecule has 1 fully saturated rings. The summed E-state index contributed by atoms with van der Waals surface area (Å²) in [5, 5.41) is 14.0. The first kappa shape index (κ1) is 29.0. The molecule has 42 heavy (non-hydrogen) atoms. The molecule has 0 unspecified atom stereocenters. The number of hydrogen-bond donors (Lipinski definition) is 3. The SMILES string of the molecule is COc1ccc(-c2ccc(C[C@H](N)C(=O)N(C(=O)C3CCC(CN)CC3)c3ccc(-c4nn[nH]n4)cc3)cc2)c(C)n1. The number of aromatic nitrogens is 5. The van der Waals surface area contributed by atoms with Gasteiger partial charge in [0.2, 0.25) is 17.6 Å². The number of H-pyrrole nitrogens is 1. The molecule has 4 aromatic rings. The van der Waals surface area contributed by atoms with Gasteiger partial charge in [-0.05, 0) is 98.2 Å². The van der Waals surface area contributed by atoms with Gasteiger partial charge in [-0.25, -0.2) is 9.88 Å². The number of nitrogens with two attached hydrogens (primary N) is 2. The van der Waals surface area contributed by atoms with Crippen LogP contribution < -0.4 is 21.1 Å². The maximum absolute atomic E-state index is 13.9. The van der Waals surface area contributed by atoms with E-state index in [0.717, 1.165) is 35.2 Å². The lowest BCUT2D eigenvalue weighted by Crippen LogP contribution is -2.50. The van der Waals surface area contributed by atoms with E-state index < -0.39 is 11.9 Å². The maximum Gasteiger partial charge on any atom is 0.251 e. The van der Waals surface area contributed by atoms with Crippen molar-refractivity contribution < 1.29 is 14.3 Å². The number of carbonyl (C=O) groups is 2. The lowest BCUT2D eigenvalue weighted by atomic mass is 9.81. The number of methoxy groups -OCH3 is 1. The van der Waals surface area contributed by atoms with Gasteiger partial charge in [-0.2, -0.15) is 5.21 Å². The molecule has 2 amide bonds. The lowest BCUT2D eigenvalue weighted by Gasteiger charge is -2.32. The van der Waals surface area contributed by atoms with Crippen LogP contribution in [-0.4, -0.2) is 57.1 Å². The van der Waals surface area contributed by atoms with Crippen molar-refractivity contribution in [2.75, 3.05) is 18.6 Å². The molecular weight excluding hydrogens is 532 g/mol. The highest BCUT2D eigenvalue weighted by molar-refractivity contribution is 6.17. The van der Waals surface area contributed by atoms with Gasteiger partial charge in [0.05, 0.1) is 18.8 Å². The quantitative estimate of drug-likeness (QED) is 0.274. The van der Waals surface area contributed by atoms with Crippen LogP contribution in [0.1, 0.15) is 36.9 Å². The second kappa shape index (κ2) is 13.0. The fourth-order valence-electron chi connectivity index (χ4n) is 5.52. The van der Waals surface area contributed by atoms with Crippen LogP contribution in [0.25, 0.3) is 22.5 Å². The molecule has 0 bridgehead atoms. The molecule has 1 aliphatic carbocycles. The molecule has 11 heteroatoms. The second-order valence-electron chi connectivity index (χ2n) is 10.7. The third-order valence-electron chi connectivity index (χ3n) is 8.01. The Morgan fingerprint density at radius 2 is 1.69 bits per heavy atom. The molecule has 0 spiro atoms. The zero-order chi connectivity index (χ0) is 29.6. The van der Waals surface area contributed by atoms with Crippen LogP contribution in [-0.2, 0) is 16.0 Å². The van der Waals surface area contributed by atoms with Crippen LogP contribution in [0.2, 0.25) is 0 Å². The number of amides is 2. The Bertz CT molecular complexity index is 1500. The Labute approximate surface area is 244 Å². The Balaban J connectivity index is 1.35. The van der Waals surface area contributed by atoms with Crippen molar-refractivity contribution in [3.63, 3.8) is 0 Å². The Hall–Kier alpha value is -4.48. The number of nitrogens with zero attached hydrogens (tertiary/aromatic N) is 5. The first-order valence-electron chi connectivity index (χ1n) is 14.2. The van der Waals surface area contributed by atoms with Crippen molar-refractivity contribution in [3.05, 3.63) is 71.9 Å². The molecule has 0 radical (unpaired) electrons. The number of nitrogens with one attached hydrogen (secondary N) is 1. The number of ether oxygens (including phenoxy) is 1. The number of hydrogen-bond acceptors (Lipinski definition) is 9. The van der Waals surface area contributed by atoms with Crippen LogP contribution >= 0.6 is 0 Å². The van der Waals surface area contributed by atoms with Gasteiger partial charge in [0.1, 0.15) is 0 Å². The van der Waals surface area contributed by atoms with Gasteiger partial charge in [-0.15, -0.1) is 10.2 Å². The van der Waals surface area contributed by atoms with Crippen LogP contribution in [0.3, 0.4) is 0 Å². The first-order valence-corrected chi connectivity index (χ1v) is 14.2. The average Bonchev–Trinajstić information content (AvgIpc) is 3.57. The fourth-order valence-corrected chi connectivity index (χ4v) is 5.52. The van der Waals surface area contributed by atoms with E-state index in [1.165, 1.54) is 4.90 Å². The topological polar surface area (TPSA) is 166 Å². The van der Waals surface area contributed by atoms with E-state index in [-0.39, 0.29) is 18.2 Å². The zero-order valence-corrected chi connectivity index (χ0v) is 23.9. The third kappa shape index (κ3) is 6.37. The predicted octanol–water partition coefficient (Wildman–Crippen LogP) is 3.44. The van der Waals surface area contributed by atoms with E-state index in [1.54, 1.807) is 31.4 Å². The highest BCUT2D eigenvalue weighted by Crippen LogP contribution is 2.32. The minimum absolute atomic E-state index is 0.226. The van der Waals surface area contributed by atoms with Gasteiger partial charge in [-0.3, -0.25) is 9.59 Å². The minimum Gasteiger partial charge on any atom is -0.481 e. The summed E-state index contributed by atoms with van der Waals surface area (Å²) in [6, 6.07) is 17.7. The molecule has 5 N–H and O–H groups in total. The number of benzene rings is 2. The zero-order valence-electron chi connectivity index (χ0n) is 23.9. The standard InChI is InChI=1S/C31H36N8O3/c1-19-26(15-16-28(34-19)42-2)22-7-3-20(4-8-22)17-27(33)31(41)39(30(40)24-9-5-21(18-32)6-10-24)25-13-11-23(12-14-25)29-35-37-38-36-29/h3-4,7-8,11-16,21,24,27H,5-6,9-10,17-18,32-33H2,1-2H3,(H,35,36,37,38)/t21?,24?,27-/m0/s1. The average molecular weight is 569 g/mol. The van der Waals surface area contributed by atoms with E-state index >= 15 is 0 Å². The minimum atomic E-state index is -0.915. The summed E-state index contributed by atoms with van der Waals surface area (Å²) >= 11 is 0. The van der Waals surface area contributed by atoms with E-state index in [0.29, 0.717) is 48.3 Å². The van der Waals surface area contributed by atoms with Gasteiger partial charge in [0.25, 0.3) is 5.91 Å². The maximum atomic E-state index is 13.9. The number of imide groups is 1. The van der Waals surface area contributed by atoms with Gasteiger partial charge >= 0.3 is 0 Å². The highest BCUT2D eigenvalue weighted by atomic mass is 16.5. The second-order valence-corrected chi connectivity index (χ2v) is 10.7. The van der Waals surface area contributed by atoms with Crippen LogP contribution in [0.4, 0.5) is 5.69 Å². The number of pyridine rings is 1. The van der Waals surface area contributed by atoms with Crippen molar-refractivity contribution in [2.45, 2.75) is 45.1 Å². The molecule has 5 rings (SSSR count). The van der Waals surface area contributed by atoms with Crippen LogP contribution in [0.5, 0.6) is 5.88 Å². The van der Waals surface area contributed by atoms with Gasteiger partial charge in [0.15, 0.2) is 0 Å². The monoisotopic (exact) mass is 568 g/mol. The normalized spacial score (nSPS) is 17.4. The molecule has 11 nitrogen and oxygen atoms in total. The van der Waals surface area contributed by atoms with E-state index in [4.69, 9.17) is 16.2 Å². The Morgan fingerprint density at radius 1 is 1.00 bits per heavy atom. The number of anilines is 1. The van der Waals surface area contributed by atoms with Crippen molar-refractivity contribution in [2.24, 2.45) is 23.3 Å². The Morgan fingerprint density at radius 3 is 2.29 bits per heavy atom. The third-order valence-corrected chi connectivity index (χ3v) is 8.01. The summed E-state index contributed by atoms with van der Waals surface area (Å²) in [6.45, 7) is 2.54. The van der Waals surface area contributed by atoms with Crippen LogP contribution in [0.15, 0.2) is 60.7 Å². The molecule has 0 saturated heterocycles. The summed E-state index contributed by atoms with van der Waals surface area (Å²) < 4.78 is 5.21. The molecular formula is C31H36N8O3. The van der Waals surface area contributed by atoms with Crippen molar-refractivity contribution in [1.29, 1.82) is 0 Å². The number of aryl methyl sites for hydroxylation is 1. The molecule has 1 atom stereocenters. The number of tetrazole rings is 1. The van der Waals surface area contributed by atoms with Crippen molar-refractivity contribution in [1.82, 2.24) is 25.6 Å². The van der Waals surface area contributed by atoms with Gasteiger partial charge in [0, 0.05) is 28.8 Å². The smallest absolute Gasteiger partial charge is 0.251 e. The van der Waals surface area contributed by atoms with Crippen LogP contribution in [0, 0.1) is 18.8 Å². The number of rotatable bonds is 9. The summed E-state index contributed by atoms with van der Waals surface area (Å²) in [5.74, 6) is 0.472.